The van der Waals surface area contributed by atoms with Crippen LogP contribution in [-0.2, 0) is 4.74 Å². The molecule has 20 heavy (non-hydrogen) atoms. The highest BCUT2D eigenvalue weighted by atomic mass is 16.5. The van der Waals surface area contributed by atoms with Crippen LogP contribution in [0.3, 0.4) is 0 Å². The molecule has 0 fully saturated rings. The SMILES string of the molecule is CCCCCC(C)Nc1ccc(C(=O)OCCC)cc1. The van der Waals surface area contributed by atoms with Crippen LogP contribution >= 0.6 is 0 Å². The molecule has 0 amide bonds. The Balaban J connectivity index is 2.43. The van der Waals surface area contributed by atoms with E-state index in [2.05, 4.69) is 19.2 Å². The molecular weight excluding hydrogens is 250 g/mol. The fourth-order valence-electron chi connectivity index (χ4n) is 2.04. The van der Waals surface area contributed by atoms with E-state index in [4.69, 9.17) is 4.74 Å². The van der Waals surface area contributed by atoms with Crippen LogP contribution in [0.2, 0.25) is 0 Å². The predicted molar refractivity (Wildman–Crippen MR) is 84.2 cm³/mol. The summed E-state index contributed by atoms with van der Waals surface area (Å²) in [6.07, 6.45) is 5.82. The van der Waals surface area contributed by atoms with Gasteiger partial charge < -0.3 is 10.1 Å². The van der Waals surface area contributed by atoms with Gasteiger partial charge in [-0.25, -0.2) is 4.79 Å². The maximum Gasteiger partial charge on any atom is 0.338 e. The molecule has 0 bridgehead atoms. The molecule has 3 heteroatoms. The molecule has 0 spiro atoms. The topological polar surface area (TPSA) is 38.3 Å². The Morgan fingerprint density at radius 1 is 1.15 bits per heavy atom. The Morgan fingerprint density at radius 3 is 2.45 bits per heavy atom. The minimum atomic E-state index is -0.241. The first-order valence-corrected chi connectivity index (χ1v) is 7.71. The van der Waals surface area contributed by atoms with Gasteiger partial charge in [0.25, 0.3) is 0 Å². The van der Waals surface area contributed by atoms with E-state index in [1.54, 1.807) is 0 Å². The Hall–Kier alpha value is -1.51. The summed E-state index contributed by atoms with van der Waals surface area (Å²) in [4.78, 5) is 11.7. The van der Waals surface area contributed by atoms with Gasteiger partial charge in [-0.05, 0) is 44.0 Å². The van der Waals surface area contributed by atoms with Gasteiger partial charge in [0.15, 0.2) is 0 Å². The summed E-state index contributed by atoms with van der Waals surface area (Å²) in [7, 11) is 0. The summed E-state index contributed by atoms with van der Waals surface area (Å²) >= 11 is 0. The summed E-state index contributed by atoms with van der Waals surface area (Å²) < 4.78 is 5.10. The number of esters is 1. The first kappa shape index (κ1) is 16.5. The molecule has 1 atom stereocenters. The Bertz CT molecular complexity index is 386. The highest BCUT2D eigenvalue weighted by Gasteiger charge is 2.07. The molecule has 0 saturated carbocycles. The van der Waals surface area contributed by atoms with Crippen molar-refractivity contribution in [2.45, 2.75) is 58.9 Å². The quantitative estimate of drug-likeness (QED) is 0.528. The van der Waals surface area contributed by atoms with Crippen molar-refractivity contribution in [3.63, 3.8) is 0 Å². The van der Waals surface area contributed by atoms with Crippen molar-refractivity contribution < 1.29 is 9.53 Å². The van der Waals surface area contributed by atoms with Gasteiger partial charge >= 0.3 is 5.97 Å². The van der Waals surface area contributed by atoms with Crippen molar-refractivity contribution in [2.24, 2.45) is 0 Å². The van der Waals surface area contributed by atoms with E-state index in [0.29, 0.717) is 18.2 Å². The molecule has 0 saturated heterocycles. The summed E-state index contributed by atoms with van der Waals surface area (Å²) in [5, 5.41) is 3.46. The number of carbonyl (C=O) groups is 1. The molecule has 1 N–H and O–H groups in total. The number of carbonyl (C=O) groups excluding carboxylic acids is 1. The van der Waals surface area contributed by atoms with E-state index in [-0.39, 0.29) is 5.97 Å². The van der Waals surface area contributed by atoms with Crippen molar-refractivity contribution in [2.75, 3.05) is 11.9 Å². The monoisotopic (exact) mass is 277 g/mol. The molecule has 1 rings (SSSR count). The Morgan fingerprint density at radius 2 is 1.85 bits per heavy atom. The average molecular weight is 277 g/mol. The van der Waals surface area contributed by atoms with Crippen LogP contribution in [0.5, 0.6) is 0 Å². The molecule has 1 aromatic rings. The van der Waals surface area contributed by atoms with E-state index in [9.17, 15) is 4.79 Å². The minimum Gasteiger partial charge on any atom is -0.462 e. The maximum atomic E-state index is 11.7. The van der Waals surface area contributed by atoms with Gasteiger partial charge in [-0.15, -0.1) is 0 Å². The van der Waals surface area contributed by atoms with E-state index in [0.717, 1.165) is 12.1 Å². The lowest BCUT2D eigenvalue weighted by Gasteiger charge is -2.15. The zero-order chi connectivity index (χ0) is 14.8. The Labute approximate surface area is 122 Å². The van der Waals surface area contributed by atoms with E-state index in [1.807, 2.05) is 31.2 Å². The lowest BCUT2D eigenvalue weighted by Crippen LogP contribution is -2.15. The van der Waals surface area contributed by atoms with Gasteiger partial charge in [0.2, 0.25) is 0 Å². The van der Waals surface area contributed by atoms with Gasteiger partial charge in [0.05, 0.1) is 12.2 Å². The second-order valence-corrected chi connectivity index (χ2v) is 5.25. The first-order chi connectivity index (χ1) is 9.67. The minimum absolute atomic E-state index is 0.241. The first-order valence-electron chi connectivity index (χ1n) is 7.71. The lowest BCUT2D eigenvalue weighted by molar-refractivity contribution is 0.0505. The number of unbranched alkanes of at least 4 members (excludes halogenated alkanes) is 2. The number of nitrogens with one attached hydrogen (secondary N) is 1. The molecule has 0 aliphatic rings. The van der Waals surface area contributed by atoms with Crippen molar-refractivity contribution in [1.82, 2.24) is 0 Å². The van der Waals surface area contributed by atoms with Crippen LogP contribution in [0.25, 0.3) is 0 Å². The third-order valence-corrected chi connectivity index (χ3v) is 3.21. The summed E-state index contributed by atoms with van der Waals surface area (Å²) in [6, 6.07) is 7.98. The maximum absolute atomic E-state index is 11.7. The van der Waals surface area contributed by atoms with E-state index >= 15 is 0 Å². The summed E-state index contributed by atoms with van der Waals surface area (Å²) in [6.45, 7) is 6.88. The number of anilines is 1. The zero-order valence-electron chi connectivity index (χ0n) is 12.9. The molecule has 0 aliphatic heterocycles. The van der Waals surface area contributed by atoms with Gasteiger partial charge in [-0.2, -0.15) is 0 Å². The van der Waals surface area contributed by atoms with Crippen LogP contribution in [0, 0.1) is 0 Å². The normalized spacial score (nSPS) is 11.9. The number of ether oxygens (including phenoxy) is 1. The fourth-order valence-corrected chi connectivity index (χ4v) is 2.04. The molecule has 0 aliphatic carbocycles. The second-order valence-electron chi connectivity index (χ2n) is 5.25. The third kappa shape index (κ3) is 6.09. The number of rotatable bonds is 9. The third-order valence-electron chi connectivity index (χ3n) is 3.21. The molecule has 0 heterocycles. The van der Waals surface area contributed by atoms with E-state index in [1.165, 1.54) is 25.7 Å². The Kier molecular flexibility index (Phi) is 7.78. The lowest BCUT2D eigenvalue weighted by atomic mass is 10.1. The van der Waals surface area contributed by atoms with Crippen molar-refractivity contribution in [1.29, 1.82) is 0 Å². The molecule has 0 radical (unpaired) electrons. The fraction of sp³-hybridized carbons (Fsp3) is 0.588. The molecule has 1 unspecified atom stereocenters. The molecule has 0 aromatic heterocycles. The van der Waals surface area contributed by atoms with Crippen LogP contribution < -0.4 is 5.32 Å². The zero-order valence-corrected chi connectivity index (χ0v) is 12.9. The largest absolute Gasteiger partial charge is 0.462 e. The second kappa shape index (κ2) is 9.40. The van der Waals surface area contributed by atoms with Crippen LogP contribution in [-0.4, -0.2) is 18.6 Å². The molecule has 112 valence electrons. The molecule has 1 aromatic carbocycles. The van der Waals surface area contributed by atoms with Gasteiger partial charge in [0.1, 0.15) is 0 Å². The standard InChI is InChI=1S/C17H27NO2/c1-4-6-7-8-14(3)18-16-11-9-15(10-12-16)17(19)20-13-5-2/h9-12,14,18H,4-8,13H2,1-3H3. The summed E-state index contributed by atoms with van der Waals surface area (Å²) in [5.74, 6) is -0.241. The van der Waals surface area contributed by atoms with Crippen LogP contribution in [0.15, 0.2) is 24.3 Å². The van der Waals surface area contributed by atoms with Crippen LogP contribution in [0.4, 0.5) is 5.69 Å². The van der Waals surface area contributed by atoms with Gasteiger partial charge in [-0.1, -0.05) is 33.1 Å². The van der Waals surface area contributed by atoms with Crippen molar-refractivity contribution in [3.05, 3.63) is 29.8 Å². The van der Waals surface area contributed by atoms with Crippen molar-refractivity contribution in [3.8, 4) is 0 Å². The number of hydrogen-bond acceptors (Lipinski definition) is 3. The number of hydrogen-bond donors (Lipinski definition) is 1. The highest BCUT2D eigenvalue weighted by molar-refractivity contribution is 5.89. The summed E-state index contributed by atoms with van der Waals surface area (Å²) in [5.41, 5.74) is 1.67. The average Bonchev–Trinajstić information content (AvgIpc) is 2.46. The van der Waals surface area contributed by atoms with Crippen LogP contribution in [0.1, 0.15) is 63.2 Å². The highest BCUT2D eigenvalue weighted by Crippen LogP contribution is 2.14. The van der Waals surface area contributed by atoms with Gasteiger partial charge in [0, 0.05) is 11.7 Å². The van der Waals surface area contributed by atoms with E-state index < -0.39 is 0 Å². The number of benzene rings is 1. The smallest absolute Gasteiger partial charge is 0.338 e. The predicted octanol–water partition coefficient (Wildman–Crippen LogP) is 4.63. The van der Waals surface area contributed by atoms with Gasteiger partial charge in [-0.3, -0.25) is 0 Å². The molecule has 3 nitrogen and oxygen atoms in total. The molecular formula is C17H27NO2. The van der Waals surface area contributed by atoms with Crippen molar-refractivity contribution >= 4 is 11.7 Å².